The molecular weight excluding hydrogens is 327 g/mol. The maximum atomic E-state index is 13.9. The zero-order valence-corrected chi connectivity index (χ0v) is 14.8. The van der Waals surface area contributed by atoms with E-state index in [-0.39, 0.29) is 5.82 Å². The Balaban J connectivity index is 1.68. The monoisotopic (exact) mass is 347 g/mol. The van der Waals surface area contributed by atoms with Crippen LogP contribution in [0.5, 0.6) is 0 Å². The molecular formula is C22H20FN2O+. The van der Waals surface area contributed by atoms with Crippen molar-refractivity contribution in [3.63, 3.8) is 0 Å². The SMILES string of the molecule is CC(C)c1ccc2oc(-c3ccc[n+](Cc4ccccc4F)c3)nc2c1. The Labute approximate surface area is 151 Å². The number of benzene rings is 2. The number of pyridine rings is 1. The van der Waals surface area contributed by atoms with Gasteiger partial charge in [-0.3, -0.25) is 0 Å². The van der Waals surface area contributed by atoms with E-state index < -0.39 is 0 Å². The fraction of sp³-hybridized carbons (Fsp3) is 0.182. The Morgan fingerprint density at radius 3 is 2.73 bits per heavy atom. The van der Waals surface area contributed by atoms with Crippen LogP contribution in [0.25, 0.3) is 22.6 Å². The van der Waals surface area contributed by atoms with E-state index in [4.69, 9.17) is 4.42 Å². The van der Waals surface area contributed by atoms with Crippen LogP contribution < -0.4 is 4.57 Å². The molecule has 0 amide bonds. The summed E-state index contributed by atoms with van der Waals surface area (Å²) in [6, 6.07) is 16.8. The largest absolute Gasteiger partial charge is 0.436 e. The highest BCUT2D eigenvalue weighted by Gasteiger charge is 2.14. The summed E-state index contributed by atoms with van der Waals surface area (Å²) in [6.07, 6.45) is 3.84. The van der Waals surface area contributed by atoms with E-state index in [0.717, 1.165) is 16.7 Å². The molecule has 0 aliphatic carbocycles. The van der Waals surface area contributed by atoms with Gasteiger partial charge in [0.1, 0.15) is 16.9 Å². The second-order valence-corrected chi connectivity index (χ2v) is 6.76. The highest BCUT2D eigenvalue weighted by atomic mass is 19.1. The third-order valence-electron chi connectivity index (χ3n) is 4.49. The molecule has 0 saturated carbocycles. The van der Waals surface area contributed by atoms with E-state index in [1.807, 2.05) is 41.2 Å². The lowest BCUT2D eigenvalue weighted by molar-refractivity contribution is -0.688. The van der Waals surface area contributed by atoms with Crippen molar-refractivity contribution in [1.82, 2.24) is 4.98 Å². The normalized spacial score (nSPS) is 11.4. The van der Waals surface area contributed by atoms with Gasteiger partial charge in [-0.2, -0.15) is 4.57 Å². The fourth-order valence-electron chi connectivity index (χ4n) is 3.00. The molecule has 26 heavy (non-hydrogen) atoms. The zero-order chi connectivity index (χ0) is 18.1. The average molecular weight is 347 g/mol. The number of oxazole rings is 1. The molecule has 4 aromatic rings. The molecule has 4 rings (SSSR count). The Morgan fingerprint density at radius 2 is 1.92 bits per heavy atom. The minimum absolute atomic E-state index is 0.200. The summed E-state index contributed by atoms with van der Waals surface area (Å²) in [7, 11) is 0. The number of fused-ring (bicyclic) bond motifs is 1. The number of hydrogen-bond donors (Lipinski definition) is 0. The van der Waals surface area contributed by atoms with Crippen LogP contribution in [0.15, 0.2) is 71.4 Å². The second kappa shape index (κ2) is 6.71. The lowest BCUT2D eigenvalue weighted by Gasteiger charge is -2.02. The molecule has 0 aliphatic heterocycles. The maximum Gasteiger partial charge on any atom is 0.233 e. The molecule has 2 aromatic carbocycles. The predicted molar refractivity (Wildman–Crippen MR) is 99.2 cm³/mol. The first-order valence-electron chi connectivity index (χ1n) is 8.73. The fourth-order valence-corrected chi connectivity index (χ4v) is 3.00. The maximum absolute atomic E-state index is 13.9. The quantitative estimate of drug-likeness (QED) is 0.481. The predicted octanol–water partition coefficient (Wildman–Crippen LogP) is 5.09. The first kappa shape index (κ1) is 16.5. The molecule has 0 fully saturated rings. The van der Waals surface area contributed by atoms with E-state index >= 15 is 0 Å². The van der Waals surface area contributed by atoms with Gasteiger partial charge in [0.05, 0.1) is 5.56 Å². The van der Waals surface area contributed by atoms with Crippen molar-refractivity contribution in [3.05, 3.63) is 83.9 Å². The van der Waals surface area contributed by atoms with Gasteiger partial charge in [-0.25, -0.2) is 9.37 Å². The molecule has 0 atom stereocenters. The van der Waals surface area contributed by atoms with Gasteiger partial charge in [-0.05, 0) is 41.8 Å². The van der Waals surface area contributed by atoms with Crippen LogP contribution in [-0.2, 0) is 6.54 Å². The van der Waals surface area contributed by atoms with Crippen molar-refractivity contribution in [2.24, 2.45) is 0 Å². The summed E-state index contributed by atoms with van der Waals surface area (Å²) in [4.78, 5) is 4.64. The number of nitrogens with zero attached hydrogens (tertiary/aromatic N) is 2. The summed E-state index contributed by atoms with van der Waals surface area (Å²) in [5.74, 6) is 0.816. The van der Waals surface area contributed by atoms with Crippen molar-refractivity contribution < 1.29 is 13.4 Å². The van der Waals surface area contributed by atoms with Crippen molar-refractivity contribution >= 4 is 11.1 Å². The standard InChI is InChI=1S/C22H20FN2O/c1-15(2)16-9-10-21-20(12-16)24-22(26-21)18-7-5-11-25(14-18)13-17-6-3-4-8-19(17)23/h3-12,14-15H,13H2,1-2H3/q+1. The van der Waals surface area contributed by atoms with Crippen LogP contribution in [0.1, 0.15) is 30.9 Å². The molecule has 0 bridgehead atoms. The lowest BCUT2D eigenvalue weighted by atomic mass is 10.0. The highest BCUT2D eigenvalue weighted by molar-refractivity contribution is 5.76. The third kappa shape index (κ3) is 3.23. The average Bonchev–Trinajstić information content (AvgIpc) is 3.07. The van der Waals surface area contributed by atoms with E-state index in [0.29, 0.717) is 23.9 Å². The van der Waals surface area contributed by atoms with Crippen LogP contribution in [-0.4, -0.2) is 4.98 Å². The van der Waals surface area contributed by atoms with E-state index in [1.165, 1.54) is 11.6 Å². The Bertz CT molecular complexity index is 1070. The first-order valence-corrected chi connectivity index (χ1v) is 8.73. The summed E-state index contributed by atoms with van der Waals surface area (Å²) < 4.78 is 21.7. The van der Waals surface area contributed by atoms with Gasteiger partial charge in [0.15, 0.2) is 24.5 Å². The Morgan fingerprint density at radius 1 is 1.08 bits per heavy atom. The van der Waals surface area contributed by atoms with Gasteiger partial charge >= 0.3 is 0 Å². The molecule has 3 nitrogen and oxygen atoms in total. The molecule has 0 spiro atoms. The number of hydrogen-bond acceptors (Lipinski definition) is 2. The number of halogens is 1. The van der Waals surface area contributed by atoms with Gasteiger partial charge in [-0.1, -0.05) is 32.0 Å². The van der Waals surface area contributed by atoms with Crippen molar-refractivity contribution in [2.45, 2.75) is 26.3 Å². The summed E-state index contributed by atoms with van der Waals surface area (Å²) in [6.45, 7) is 4.77. The topological polar surface area (TPSA) is 29.9 Å². The second-order valence-electron chi connectivity index (χ2n) is 6.76. The molecule has 4 heteroatoms. The third-order valence-corrected chi connectivity index (χ3v) is 4.49. The lowest BCUT2D eigenvalue weighted by Crippen LogP contribution is -2.33. The Hall–Kier alpha value is -3.01. The van der Waals surface area contributed by atoms with Gasteiger partial charge < -0.3 is 4.42 Å². The number of rotatable bonds is 4. The minimum Gasteiger partial charge on any atom is -0.436 e. The van der Waals surface area contributed by atoms with Crippen LogP contribution in [0.3, 0.4) is 0 Å². The highest BCUT2D eigenvalue weighted by Crippen LogP contribution is 2.26. The molecule has 0 saturated heterocycles. The van der Waals surface area contributed by atoms with Crippen molar-refractivity contribution in [1.29, 1.82) is 0 Å². The van der Waals surface area contributed by atoms with Crippen LogP contribution in [0.2, 0.25) is 0 Å². The molecule has 0 N–H and O–H groups in total. The smallest absolute Gasteiger partial charge is 0.233 e. The molecule has 130 valence electrons. The van der Waals surface area contributed by atoms with Crippen molar-refractivity contribution in [3.8, 4) is 11.5 Å². The number of aromatic nitrogens is 2. The van der Waals surface area contributed by atoms with E-state index in [2.05, 4.69) is 31.0 Å². The first-order chi connectivity index (χ1) is 12.6. The van der Waals surface area contributed by atoms with Crippen molar-refractivity contribution in [2.75, 3.05) is 0 Å². The van der Waals surface area contributed by atoms with E-state index in [1.54, 1.807) is 12.1 Å². The zero-order valence-electron chi connectivity index (χ0n) is 14.8. The molecule has 0 aliphatic rings. The van der Waals surface area contributed by atoms with E-state index in [9.17, 15) is 4.39 Å². The molecule has 2 aromatic heterocycles. The molecule has 2 heterocycles. The van der Waals surface area contributed by atoms with Gasteiger partial charge in [0.25, 0.3) is 0 Å². The summed E-state index contributed by atoms with van der Waals surface area (Å²) in [5.41, 5.74) is 4.38. The van der Waals surface area contributed by atoms with Gasteiger partial charge in [-0.15, -0.1) is 0 Å². The van der Waals surface area contributed by atoms with Crippen LogP contribution >= 0.6 is 0 Å². The summed E-state index contributed by atoms with van der Waals surface area (Å²) >= 11 is 0. The van der Waals surface area contributed by atoms with Crippen LogP contribution in [0.4, 0.5) is 4.39 Å². The van der Waals surface area contributed by atoms with Gasteiger partial charge in [0, 0.05) is 6.07 Å². The van der Waals surface area contributed by atoms with Gasteiger partial charge in [0.2, 0.25) is 5.89 Å². The summed E-state index contributed by atoms with van der Waals surface area (Å²) in [5, 5.41) is 0. The molecule has 0 radical (unpaired) electrons. The minimum atomic E-state index is -0.200. The Kier molecular flexibility index (Phi) is 4.25. The molecule has 0 unspecified atom stereocenters. The van der Waals surface area contributed by atoms with Crippen LogP contribution in [0, 0.1) is 5.82 Å².